The predicted molar refractivity (Wildman–Crippen MR) is 77.4 cm³/mol. The van der Waals surface area contributed by atoms with E-state index in [2.05, 4.69) is 0 Å². The molecule has 0 radical (unpaired) electrons. The Kier molecular flexibility index (Phi) is 4.65. The number of aliphatic hydroxyl groups is 1. The fourth-order valence-electron chi connectivity index (χ4n) is 2.32. The van der Waals surface area contributed by atoms with Gasteiger partial charge < -0.3 is 10.2 Å². The Morgan fingerprint density at radius 3 is 2.48 bits per heavy atom. The number of hydrogen-bond acceptors (Lipinski definition) is 4. The molecular formula is C14H19NO5S. The molecule has 1 aliphatic rings. The van der Waals surface area contributed by atoms with E-state index in [9.17, 15) is 18.3 Å². The number of aromatic carboxylic acids is 1. The van der Waals surface area contributed by atoms with E-state index in [1.165, 1.54) is 28.6 Å². The smallest absolute Gasteiger partial charge is 0.335 e. The largest absolute Gasteiger partial charge is 0.478 e. The lowest BCUT2D eigenvalue weighted by molar-refractivity contribution is 0.0604. The monoisotopic (exact) mass is 313 g/mol. The van der Waals surface area contributed by atoms with E-state index in [1.807, 2.05) is 6.92 Å². The number of benzene rings is 1. The van der Waals surface area contributed by atoms with Gasteiger partial charge in [0.25, 0.3) is 0 Å². The summed E-state index contributed by atoms with van der Waals surface area (Å²) in [5, 5.41) is 18.6. The van der Waals surface area contributed by atoms with E-state index < -0.39 is 22.1 Å². The van der Waals surface area contributed by atoms with Crippen molar-refractivity contribution in [2.24, 2.45) is 5.92 Å². The molecule has 2 atom stereocenters. The molecule has 6 nitrogen and oxygen atoms in total. The number of sulfonamides is 1. The molecule has 1 aromatic carbocycles. The van der Waals surface area contributed by atoms with Crippen molar-refractivity contribution in [2.75, 3.05) is 13.1 Å². The zero-order valence-electron chi connectivity index (χ0n) is 11.8. The minimum absolute atomic E-state index is 0.103. The van der Waals surface area contributed by atoms with Crippen LogP contribution >= 0.6 is 0 Å². The fourth-order valence-corrected chi connectivity index (χ4v) is 3.88. The lowest BCUT2D eigenvalue weighted by atomic mass is 9.98. The third kappa shape index (κ3) is 3.81. The third-order valence-electron chi connectivity index (χ3n) is 3.82. The minimum Gasteiger partial charge on any atom is -0.478 e. The van der Waals surface area contributed by atoms with E-state index in [-0.39, 0.29) is 23.8 Å². The molecule has 1 saturated heterocycles. The summed E-state index contributed by atoms with van der Waals surface area (Å²) in [7, 11) is -3.50. The highest BCUT2D eigenvalue weighted by Crippen LogP contribution is 2.21. The molecular weight excluding hydrogens is 294 g/mol. The van der Waals surface area contributed by atoms with Crippen LogP contribution in [0.5, 0.6) is 0 Å². The van der Waals surface area contributed by atoms with Gasteiger partial charge in [-0.25, -0.2) is 13.2 Å². The highest BCUT2D eigenvalue weighted by Gasteiger charge is 2.31. The number of piperidine rings is 1. The van der Waals surface area contributed by atoms with Crippen LogP contribution in [0.25, 0.3) is 0 Å². The van der Waals surface area contributed by atoms with Crippen molar-refractivity contribution in [3.8, 4) is 0 Å². The lowest BCUT2D eigenvalue weighted by Gasteiger charge is -2.33. The number of carboxylic acid groups (broad SMARTS) is 1. The summed E-state index contributed by atoms with van der Waals surface area (Å²) in [5.74, 6) is -1.13. The average Bonchev–Trinajstić information content (AvgIpc) is 2.42. The zero-order chi connectivity index (χ0) is 15.6. The first-order valence-corrected chi connectivity index (χ1v) is 8.38. The third-order valence-corrected chi connectivity index (χ3v) is 5.64. The van der Waals surface area contributed by atoms with Crippen LogP contribution in [0.1, 0.15) is 29.3 Å². The molecule has 0 amide bonds. The molecule has 1 aromatic rings. The number of carbonyl (C=O) groups is 1. The maximum Gasteiger partial charge on any atom is 0.335 e. The first-order chi connectivity index (χ1) is 9.79. The zero-order valence-corrected chi connectivity index (χ0v) is 12.6. The van der Waals surface area contributed by atoms with Crippen molar-refractivity contribution in [1.82, 2.24) is 4.31 Å². The molecule has 0 bridgehead atoms. The van der Waals surface area contributed by atoms with Gasteiger partial charge in [0.2, 0.25) is 10.0 Å². The molecule has 0 saturated carbocycles. The van der Waals surface area contributed by atoms with Crippen LogP contribution in [0.2, 0.25) is 0 Å². The standard InChI is InChI=1S/C14H19NO5S/c1-10-6-7-15(8-13(10)16)21(19,20)9-11-2-4-12(5-3-11)14(17)18/h2-5,10,13,16H,6-9H2,1H3,(H,17,18). The second-order valence-corrected chi connectivity index (χ2v) is 7.42. The Bertz CT molecular complexity index is 611. The summed E-state index contributed by atoms with van der Waals surface area (Å²) < 4.78 is 26.0. The Hall–Kier alpha value is -1.44. The Morgan fingerprint density at radius 1 is 1.33 bits per heavy atom. The van der Waals surface area contributed by atoms with Crippen molar-refractivity contribution in [1.29, 1.82) is 0 Å². The van der Waals surface area contributed by atoms with Gasteiger partial charge in [-0.05, 0) is 30.0 Å². The fraction of sp³-hybridized carbons (Fsp3) is 0.500. The SMILES string of the molecule is CC1CCN(S(=O)(=O)Cc2ccc(C(=O)O)cc2)CC1O. The van der Waals surface area contributed by atoms with Gasteiger partial charge >= 0.3 is 5.97 Å². The summed E-state index contributed by atoms with van der Waals surface area (Å²) in [4.78, 5) is 10.8. The molecule has 2 N–H and O–H groups in total. The van der Waals surface area contributed by atoms with Crippen LogP contribution in [-0.4, -0.2) is 48.1 Å². The first-order valence-electron chi connectivity index (χ1n) is 6.78. The maximum absolute atomic E-state index is 12.3. The van der Waals surface area contributed by atoms with E-state index in [1.54, 1.807) is 0 Å². The van der Waals surface area contributed by atoms with E-state index in [0.29, 0.717) is 18.5 Å². The Labute approximate surface area is 124 Å². The number of β-amino-alcohol motifs (C(OH)–C–C–N with tert-alkyl or cyclic N) is 1. The molecule has 1 heterocycles. The second-order valence-electron chi connectivity index (χ2n) is 5.45. The second kappa shape index (κ2) is 6.13. The van der Waals surface area contributed by atoms with Crippen LogP contribution in [0.3, 0.4) is 0 Å². The molecule has 7 heteroatoms. The number of hydrogen-bond donors (Lipinski definition) is 2. The van der Waals surface area contributed by atoms with Crippen molar-refractivity contribution >= 4 is 16.0 Å². The molecule has 0 spiro atoms. The summed E-state index contributed by atoms with van der Waals surface area (Å²) in [5.41, 5.74) is 0.659. The van der Waals surface area contributed by atoms with Gasteiger partial charge in [0.15, 0.2) is 0 Å². The van der Waals surface area contributed by atoms with Gasteiger partial charge in [-0.1, -0.05) is 19.1 Å². The van der Waals surface area contributed by atoms with Crippen LogP contribution in [0, 0.1) is 5.92 Å². The molecule has 2 rings (SSSR count). The highest BCUT2D eigenvalue weighted by molar-refractivity contribution is 7.88. The molecule has 0 aliphatic carbocycles. The molecule has 2 unspecified atom stereocenters. The summed E-state index contributed by atoms with van der Waals surface area (Å²) in [6, 6.07) is 5.79. The number of carboxylic acids is 1. The maximum atomic E-state index is 12.3. The van der Waals surface area contributed by atoms with Crippen LogP contribution < -0.4 is 0 Å². The van der Waals surface area contributed by atoms with E-state index in [4.69, 9.17) is 5.11 Å². The summed E-state index contributed by atoms with van der Waals surface area (Å²) in [6.45, 7) is 2.43. The molecule has 116 valence electrons. The van der Waals surface area contributed by atoms with Gasteiger partial charge in [-0.2, -0.15) is 4.31 Å². The molecule has 0 aromatic heterocycles. The Morgan fingerprint density at radius 2 is 1.95 bits per heavy atom. The quantitative estimate of drug-likeness (QED) is 0.862. The predicted octanol–water partition coefficient (Wildman–Crippen LogP) is 0.917. The first kappa shape index (κ1) is 15.9. The molecule has 21 heavy (non-hydrogen) atoms. The van der Waals surface area contributed by atoms with Gasteiger partial charge in [0, 0.05) is 13.1 Å². The van der Waals surface area contributed by atoms with Crippen molar-refractivity contribution in [3.05, 3.63) is 35.4 Å². The van der Waals surface area contributed by atoms with E-state index in [0.717, 1.165) is 0 Å². The lowest BCUT2D eigenvalue weighted by Crippen LogP contribution is -2.46. The molecule has 1 fully saturated rings. The number of aliphatic hydroxyl groups excluding tert-OH is 1. The van der Waals surface area contributed by atoms with Crippen molar-refractivity contribution < 1.29 is 23.4 Å². The normalized spacial score (nSPS) is 23.9. The minimum atomic E-state index is -3.50. The van der Waals surface area contributed by atoms with Gasteiger partial charge in [0.1, 0.15) is 0 Å². The molecule has 1 aliphatic heterocycles. The summed E-state index contributed by atoms with van der Waals surface area (Å²) in [6.07, 6.45) is 0.00106. The van der Waals surface area contributed by atoms with Crippen molar-refractivity contribution in [2.45, 2.75) is 25.2 Å². The van der Waals surface area contributed by atoms with Gasteiger partial charge in [-0.3, -0.25) is 0 Å². The van der Waals surface area contributed by atoms with Crippen LogP contribution in [0.4, 0.5) is 0 Å². The Balaban J connectivity index is 2.08. The highest BCUT2D eigenvalue weighted by atomic mass is 32.2. The average molecular weight is 313 g/mol. The van der Waals surface area contributed by atoms with Gasteiger partial charge in [0.05, 0.1) is 17.4 Å². The summed E-state index contributed by atoms with van der Waals surface area (Å²) >= 11 is 0. The topological polar surface area (TPSA) is 94.9 Å². The van der Waals surface area contributed by atoms with Gasteiger partial charge in [-0.15, -0.1) is 0 Å². The van der Waals surface area contributed by atoms with Crippen molar-refractivity contribution in [3.63, 3.8) is 0 Å². The van der Waals surface area contributed by atoms with Crippen LogP contribution in [0.15, 0.2) is 24.3 Å². The van der Waals surface area contributed by atoms with Crippen LogP contribution in [-0.2, 0) is 15.8 Å². The van der Waals surface area contributed by atoms with E-state index >= 15 is 0 Å². The number of nitrogens with zero attached hydrogens (tertiary/aromatic N) is 1. The number of rotatable bonds is 4.